The number of benzene rings is 1. The summed E-state index contributed by atoms with van der Waals surface area (Å²) in [6.07, 6.45) is 0.916. The highest BCUT2D eigenvalue weighted by atomic mass is 35.5. The Bertz CT molecular complexity index is 523. The van der Waals surface area contributed by atoms with Gasteiger partial charge in [-0.05, 0) is 24.5 Å². The monoisotopic (exact) mass is 248 g/mol. The molecule has 1 aromatic heterocycles. The Hall–Kier alpha value is -1.12. The third-order valence-electron chi connectivity index (χ3n) is 2.83. The van der Waals surface area contributed by atoms with Gasteiger partial charge >= 0.3 is 0 Å². The van der Waals surface area contributed by atoms with Crippen molar-refractivity contribution in [1.29, 1.82) is 0 Å². The lowest BCUT2D eigenvalue weighted by molar-refractivity contribution is 0.509. The zero-order chi connectivity index (χ0) is 12.4. The van der Waals surface area contributed by atoms with Crippen LogP contribution in [0.25, 0.3) is 10.9 Å². The summed E-state index contributed by atoms with van der Waals surface area (Å²) < 4.78 is 0. The van der Waals surface area contributed by atoms with E-state index < -0.39 is 0 Å². The van der Waals surface area contributed by atoms with Gasteiger partial charge in [-0.25, -0.2) is 4.98 Å². The number of halogens is 1. The molecule has 0 unspecified atom stereocenters. The minimum atomic E-state index is -0.0420. The summed E-state index contributed by atoms with van der Waals surface area (Å²) in [4.78, 5) is 4.39. The highest BCUT2D eigenvalue weighted by Gasteiger charge is 2.13. The van der Waals surface area contributed by atoms with E-state index in [1.165, 1.54) is 0 Å². The molecule has 0 fully saturated rings. The smallest absolute Gasteiger partial charge is 0.134 e. The van der Waals surface area contributed by atoms with Crippen LogP contribution in [0.2, 0.25) is 5.15 Å². The molecule has 3 heteroatoms. The number of hydrogen-bond acceptors (Lipinski definition) is 2. The van der Waals surface area contributed by atoms with Crippen LogP contribution in [0.4, 0.5) is 0 Å². The lowest BCUT2D eigenvalue weighted by atomic mass is 9.98. The first-order chi connectivity index (χ1) is 8.08. The van der Waals surface area contributed by atoms with Crippen LogP contribution in [0.5, 0.6) is 0 Å². The summed E-state index contributed by atoms with van der Waals surface area (Å²) >= 11 is 6.19. The molecular formula is C14H17ClN2. The van der Waals surface area contributed by atoms with E-state index in [0.717, 1.165) is 22.9 Å². The normalized spacial score (nSPS) is 13.2. The third kappa shape index (κ3) is 2.76. The van der Waals surface area contributed by atoms with E-state index in [9.17, 15) is 0 Å². The summed E-state index contributed by atoms with van der Waals surface area (Å²) in [7, 11) is 0. The fourth-order valence-electron chi connectivity index (χ4n) is 2.00. The van der Waals surface area contributed by atoms with Gasteiger partial charge in [-0.1, -0.05) is 43.6 Å². The number of hydrogen-bond donors (Lipinski definition) is 1. The largest absolute Gasteiger partial charge is 0.324 e. The number of nitrogens with zero attached hydrogens (tertiary/aromatic N) is 1. The zero-order valence-electron chi connectivity index (χ0n) is 10.2. The van der Waals surface area contributed by atoms with Gasteiger partial charge in [0.05, 0.1) is 5.52 Å². The van der Waals surface area contributed by atoms with E-state index in [1.807, 2.05) is 24.3 Å². The van der Waals surface area contributed by atoms with Crippen molar-refractivity contribution in [3.8, 4) is 0 Å². The maximum absolute atomic E-state index is 6.19. The Labute approximate surface area is 107 Å². The number of rotatable bonds is 3. The molecule has 2 nitrogen and oxygen atoms in total. The van der Waals surface area contributed by atoms with E-state index >= 15 is 0 Å². The van der Waals surface area contributed by atoms with Crippen molar-refractivity contribution < 1.29 is 0 Å². The quantitative estimate of drug-likeness (QED) is 0.836. The lowest BCUT2D eigenvalue weighted by Gasteiger charge is -2.16. The lowest BCUT2D eigenvalue weighted by Crippen LogP contribution is -2.14. The summed E-state index contributed by atoms with van der Waals surface area (Å²) in [5.74, 6) is 0.549. The van der Waals surface area contributed by atoms with Gasteiger partial charge in [0.1, 0.15) is 5.15 Å². The summed E-state index contributed by atoms with van der Waals surface area (Å²) in [5.41, 5.74) is 8.02. The summed E-state index contributed by atoms with van der Waals surface area (Å²) in [6.45, 7) is 4.31. The van der Waals surface area contributed by atoms with E-state index in [4.69, 9.17) is 17.3 Å². The zero-order valence-corrected chi connectivity index (χ0v) is 10.9. The molecule has 90 valence electrons. The fourth-order valence-corrected chi connectivity index (χ4v) is 2.29. The second-order valence-electron chi connectivity index (χ2n) is 4.80. The highest BCUT2D eigenvalue weighted by Crippen LogP contribution is 2.27. The van der Waals surface area contributed by atoms with E-state index in [2.05, 4.69) is 24.9 Å². The molecule has 1 heterocycles. The van der Waals surface area contributed by atoms with E-state index in [0.29, 0.717) is 11.1 Å². The molecule has 1 atom stereocenters. The molecule has 0 saturated carbocycles. The first-order valence-corrected chi connectivity index (χ1v) is 6.26. The Balaban J connectivity index is 2.43. The molecule has 0 aliphatic heterocycles. The van der Waals surface area contributed by atoms with Gasteiger partial charge in [0.2, 0.25) is 0 Å². The average molecular weight is 249 g/mol. The summed E-state index contributed by atoms with van der Waals surface area (Å²) in [6, 6.07) is 9.95. The maximum atomic E-state index is 6.19. The van der Waals surface area contributed by atoms with Crippen LogP contribution in [0.15, 0.2) is 30.3 Å². The Kier molecular flexibility index (Phi) is 3.65. The van der Waals surface area contributed by atoms with Crippen molar-refractivity contribution in [2.45, 2.75) is 26.3 Å². The number of nitrogens with two attached hydrogens (primary N) is 1. The number of aromatic nitrogens is 1. The van der Waals surface area contributed by atoms with Crippen molar-refractivity contribution in [3.05, 3.63) is 41.0 Å². The molecule has 1 aromatic carbocycles. The molecule has 0 saturated heterocycles. The van der Waals surface area contributed by atoms with Crippen LogP contribution in [0, 0.1) is 5.92 Å². The average Bonchev–Trinajstić information content (AvgIpc) is 2.27. The van der Waals surface area contributed by atoms with Gasteiger partial charge in [0, 0.05) is 17.0 Å². The van der Waals surface area contributed by atoms with Crippen molar-refractivity contribution in [2.75, 3.05) is 0 Å². The van der Waals surface area contributed by atoms with E-state index in [-0.39, 0.29) is 6.04 Å². The Morgan fingerprint density at radius 3 is 2.71 bits per heavy atom. The first-order valence-electron chi connectivity index (χ1n) is 5.88. The Morgan fingerprint density at radius 1 is 1.29 bits per heavy atom. The standard InChI is InChI=1S/C14H17ClN2/c1-9(2)7-12(16)11-8-10-5-3-4-6-13(10)17-14(11)15/h3-6,8-9,12H,7,16H2,1-2H3/t12-/m0/s1. The van der Waals surface area contributed by atoms with Gasteiger partial charge in [0.15, 0.2) is 0 Å². The van der Waals surface area contributed by atoms with E-state index in [1.54, 1.807) is 0 Å². The number of fused-ring (bicyclic) bond motifs is 1. The highest BCUT2D eigenvalue weighted by molar-refractivity contribution is 6.30. The molecule has 2 rings (SSSR count). The maximum Gasteiger partial charge on any atom is 0.134 e. The van der Waals surface area contributed by atoms with Gasteiger partial charge < -0.3 is 5.73 Å². The molecular weight excluding hydrogens is 232 g/mol. The van der Waals surface area contributed by atoms with Crippen molar-refractivity contribution in [1.82, 2.24) is 4.98 Å². The van der Waals surface area contributed by atoms with Crippen LogP contribution in [-0.2, 0) is 0 Å². The molecule has 0 amide bonds. The first kappa shape index (κ1) is 12.3. The van der Waals surface area contributed by atoms with Crippen LogP contribution in [0.3, 0.4) is 0 Å². The molecule has 17 heavy (non-hydrogen) atoms. The van der Waals surface area contributed by atoms with Crippen LogP contribution in [-0.4, -0.2) is 4.98 Å². The van der Waals surface area contributed by atoms with Gasteiger partial charge in [-0.3, -0.25) is 0 Å². The second kappa shape index (κ2) is 5.03. The van der Waals surface area contributed by atoms with Crippen LogP contribution < -0.4 is 5.73 Å². The van der Waals surface area contributed by atoms with Gasteiger partial charge in [-0.2, -0.15) is 0 Å². The SMILES string of the molecule is CC(C)C[C@H](N)c1cc2ccccc2nc1Cl. The molecule has 0 bridgehead atoms. The minimum absolute atomic E-state index is 0.0420. The van der Waals surface area contributed by atoms with Gasteiger partial charge in [-0.15, -0.1) is 0 Å². The third-order valence-corrected chi connectivity index (χ3v) is 3.13. The molecule has 2 N–H and O–H groups in total. The van der Waals surface area contributed by atoms with Crippen molar-refractivity contribution >= 4 is 22.5 Å². The fraction of sp³-hybridized carbons (Fsp3) is 0.357. The van der Waals surface area contributed by atoms with Crippen LogP contribution >= 0.6 is 11.6 Å². The number of pyridine rings is 1. The van der Waals surface area contributed by atoms with Crippen molar-refractivity contribution in [2.24, 2.45) is 11.7 Å². The molecule has 2 aromatic rings. The van der Waals surface area contributed by atoms with Crippen LogP contribution in [0.1, 0.15) is 31.9 Å². The molecule has 0 aliphatic rings. The Morgan fingerprint density at radius 2 is 2.00 bits per heavy atom. The van der Waals surface area contributed by atoms with Gasteiger partial charge in [0.25, 0.3) is 0 Å². The number of para-hydroxylation sites is 1. The minimum Gasteiger partial charge on any atom is -0.324 e. The predicted octanol–water partition coefficient (Wildman–Crippen LogP) is 3.93. The molecule has 0 aliphatic carbocycles. The predicted molar refractivity (Wildman–Crippen MR) is 73.1 cm³/mol. The molecule has 0 radical (unpaired) electrons. The summed E-state index contributed by atoms with van der Waals surface area (Å²) in [5, 5.41) is 1.61. The molecule has 0 spiro atoms. The topological polar surface area (TPSA) is 38.9 Å². The second-order valence-corrected chi connectivity index (χ2v) is 5.16. The van der Waals surface area contributed by atoms with Crippen molar-refractivity contribution in [3.63, 3.8) is 0 Å².